The topological polar surface area (TPSA) is 125 Å². The van der Waals surface area contributed by atoms with Gasteiger partial charge in [-0.1, -0.05) is 12.1 Å². The molecule has 1 aliphatic heterocycles. The van der Waals surface area contributed by atoms with Gasteiger partial charge < -0.3 is 15.7 Å². The molecule has 0 saturated carbocycles. The van der Waals surface area contributed by atoms with Gasteiger partial charge in [-0.15, -0.1) is 0 Å². The number of rotatable bonds is 4. The van der Waals surface area contributed by atoms with E-state index in [0.717, 1.165) is 0 Å². The van der Waals surface area contributed by atoms with Gasteiger partial charge in [-0.25, -0.2) is 9.59 Å². The molecule has 2 rings (SSSR count). The Balaban J connectivity index is 2.02. The number of urea groups is 1. The van der Waals surface area contributed by atoms with E-state index in [2.05, 4.69) is 10.9 Å². The molecule has 1 aromatic carbocycles. The molecular formula is C13H16N4O4. The molecule has 1 fully saturated rings. The standard InChI is InChI=1S/C13H16N4O4/c14-13(21)17-7-3-6-10(17)11(18)16-15-9-5-2-1-4-8(9)12(19)20/h1-2,4-5,10,15H,3,6-7H2,(H2,14,21)(H,16,18)(H,19,20)/t10-/m0/s1. The number of benzene rings is 1. The second-order valence-electron chi connectivity index (χ2n) is 4.65. The number of aromatic carboxylic acids is 1. The summed E-state index contributed by atoms with van der Waals surface area (Å²) >= 11 is 0. The van der Waals surface area contributed by atoms with Gasteiger partial charge in [0, 0.05) is 6.54 Å². The Bertz CT molecular complexity index is 575. The fourth-order valence-corrected chi connectivity index (χ4v) is 2.29. The van der Waals surface area contributed by atoms with Crippen molar-refractivity contribution in [2.75, 3.05) is 12.0 Å². The van der Waals surface area contributed by atoms with Gasteiger partial charge in [0.1, 0.15) is 6.04 Å². The van der Waals surface area contributed by atoms with Gasteiger partial charge >= 0.3 is 12.0 Å². The van der Waals surface area contributed by atoms with Crippen LogP contribution in [0.25, 0.3) is 0 Å². The maximum atomic E-state index is 12.0. The van der Waals surface area contributed by atoms with Gasteiger partial charge in [0.2, 0.25) is 0 Å². The first-order valence-electron chi connectivity index (χ1n) is 6.45. The number of carbonyl (C=O) groups excluding carboxylic acids is 2. The number of nitrogens with one attached hydrogen (secondary N) is 2. The molecule has 0 spiro atoms. The van der Waals surface area contributed by atoms with Crippen molar-refractivity contribution in [1.82, 2.24) is 10.3 Å². The number of para-hydroxylation sites is 1. The Labute approximate surface area is 120 Å². The van der Waals surface area contributed by atoms with Crippen LogP contribution >= 0.6 is 0 Å². The van der Waals surface area contributed by atoms with Crippen LogP contribution in [0.3, 0.4) is 0 Å². The summed E-state index contributed by atoms with van der Waals surface area (Å²) in [5.74, 6) is -1.53. The molecule has 0 aromatic heterocycles. The van der Waals surface area contributed by atoms with Crippen molar-refractivity contribution < 1.29 is 19.5 Å². The van der Waals surface area contributed by atoms with Gasteiger partial charge in [0.05, 0.1) is 11.3 Å². The lowest BCUT2D eigenvalue weighted by atomic mass is 10.2. The molecule has 5 N–H and O–H groups in total. The molecule has 3 amide bonds. The van der Waals surface area contributed by atoms with Crippen LogP contribution < -0.4 is 16.6 Å². The molecule has 8 nitrogen and oxygen atoms in total. The van der Waals surface area contributed by atoms with Crippen molar-refractivity contribution in [1.29, 1.82) is 0 Å². The SMILES string of the molecule is NC(=O)N1CCC[C@H]1C(=O)NNc1ccccc1C(=O)O. The van der Waals surface area contributed by atoms with Gasteiger partial charge in [-0.3, -0.25) is 15.6 Å². The quantitative estimate of drug-likeness (QED) is 0.597. The molecule has 0 bridgehead atoms. The number of nitrogens with two attached hydrogens (primary N) is 1. The first-order valence-corrected chi connectivity index (χ1v) is 6.45. The largest absolute Gasteiger partial charge is 0.478 e. The predicted molar refractivity (Wildman–Crippen MR) is 74.5 cm³/mol. The Morgan fingerprint density at radius 2 is 2.00 bits per heavy atom. The van der Waals surface area contributed by atoms with Crippen LogP contribution in [-0.2, 0) is 4.79 Å². The second kappa shape index (κ2) is 6.12. The van der Waals surface area contributed by atoms with Crippen molar-refractivity contribution >= 4 is 23.6 Å². The summed E-state index contributed by atoms with van der Waals surface area (Å²) in [6.45, 7) is 0.444. The summed E-state index contributed by atoms with van der Waals surface area (Å²) in [4.78, 5) is 35.6. The van der Waals surface area contributed by atoms with E-state index in [1.165, 1.54) is 17.0 Å². The summed E-state index contributed by atoms with van der Waals surface area (Å²) in [5, 5.41) is 9.04. The summed E-state index contributed by atoms with van der Waals surface area (Å²) in [6, 6.07) is 4.91. The van der Waals surface area contributed by atoms with Crippen molar-refractivity contribution in [3.63, 3.8) is 0 Å². The first-order chi connectivity index (χ1) is 10.0. The maximum absolute atomic E-state index is 12.0. The smallest absolute Gasteiger partial charge is 0.337 e. The molecule has 1 saturated heterocycles. The van der Waals surface area contributed by atoms with E-state index >= 15 is 0 Å². The summed E-state index contributed by atoms with van der Waals surface area (Å²) in [5.41, 5.74) is 10.5. The number of hydrogen-bond acceptors (Lipinski definition) is 4. The minimum absolute atomic E-state index is 0.0379. The number of nitrogens with zero attached hydrogens (tertiary/aromatic N) is 1. The summed E-state index contributed by atoms with van der Waals surface area (Å²) < 4.78 is 0. The monoisotopic (exact) mass is 292 g/mol. The van der Waals surface area contributed by atoms with E-state index in [4.69, 9.17) is 10.8 Å². The van der Waals surface area contributed by atoms with Gasteiger partial charge in [-0.05, 0) is 25.0 Å². The third-order valence-electron chi connectivity index (χ3n) is 3.32. The number of carboxylic acids is 1. The highest BCUT2D eigenvalue weighted by atomic mass is 16.4. The van der Waals surface area contributed by atoms with Crippen LogP contribution in [0.4, 0.5) is 10.5 Å². The summed E-state index contributed by atoms with van der Waals surface area (Å²) in [6.07, 6.45) is 1.23. The van der Waals surface area contributed by atoms with Crippen LogP contribution in [0.15, 0.2) is 24.3 Å². The highest BCUT2D eigenvalue weighted by Gasteiger charge is 2.32. The maximum Gasteiger partial charge on any atom is 0.337 e. The number of hydrazine groups is 1. The Hall–Kier alpha value is -2.77. The Morgan fingerprint density at radius 1 is 1.29 bits per heavy atom. The van der Waals surface area contributed by atoms with E-state index in [-0.39, 0.29) is 11.3 Å². The van der Waals surface area contributed by atoms with E-state index in [1.807, 2.05) is 0 Å². The molecule has 8 heteroatoms. The lowest BCUT2D eigenvalue weighted by Gasteiger charge is -2.22. The van der Waals surface area contributed by atoms with Gasteiger partial charge in [0.25, 0.3) is 5.91 Å². The number of anilines is 1. The minimum atomic E-state index is -1.10. The zero-order valence-corrected chi connectivity index (χ0v) is 11.2. The van der Waals surface area contributed by atoms with Crippen LogP contribution in [0.1, 0.15) is 23.2 Å². The van der Waals surface area contributed by atoms with Gasteiger partial charge in [0.15, 0.2) is 0 Å². The molecule has 112 valence electrons. The molecule has 1 aromatic rings. The first kappa shape index (κ1) is 14.6. The highest BCUT2D eigenvalue weighted by molar-refractivity contribution is 5.95. The number of primary amides is 1. The van der Waals surface area contributed by atoms with Crippen molar-refractivity contribution in [2.24, 2.45) is 5.73 Å². The molecule has 1 heterocycles. The molecule has 1 aliphatic rings. The van der Waals surface area contributed by atoms with E-state index < -0.39 is 23.9 Å². The Kier molecular flexibility index (Phi) is 4.27. The van der Waals surface area contributed by atoms with Crippen LogP contribution in [0, 0.1) is 0 Å². The lowest BCUT2D eigenvalue weighted by molar-refractivity contribution is -0.124. The molecule has 0 radical (unpaired) electrons. The number of amides is 3. The Morgan fingerprint density at radius 3 is 2.67 bits per heavy atom. The second-order valence-corrected chi connectivity index (χ2v) is 4.65. The number of hydrogen-bond donors (Lipinski definition) is 4. The molecule has 0 aliphatic carbocycles. The lowest BCUT2D eigenvalue weighted by Crippen LogP contribution is -2.49. The minimum Gasteiger partial charge on any atom is -0.478 e. The van der Waals surface area contributed by atoms with E-state index in [0.29, 0.717) is 19.4 Å². The van der Waals surface area contributed by atoms with Crippen molar-refractivity contribution in [3.05, 3.63) is 29.8 Å². The number of carboxylic acid groups (broad SMARTS) is 1. The van der Waals surface area contributed by atoms with Crippen LogP contribution in [-0.4, -0.2) is 40.5 Å². The fraction of sp³-hybridized carbons (Fsp3) is 0.308. The molecule has 0 unspecified atom stereocenters. The zero-order chi connectivity index (χ0) is 15.4. The third-order valence-corrected chi connectivity index (χ3v) is 3.32. The van der Waals surface area contributed by atoms with Gasteiger partial charge in [-0.2, -0.15) is 0 Å². The molecule has 1 atom stereocenters. The molecular weight excluding hydrogens is 276 g/mol. The fourth-order valence-electron chi connectivity index (χ4n) is 2.29. The average Bonchev–Trinajstić information content (AvgIpc) is 2.94. The third kappa shape index (κ3) is 3.22. The normalized spacial score (nSPS) is 17.3. The predicted octanol–water partition coefficient (Wildman–Crippen LogP) is 0.371. The van der Waals surface area contributed by atoms with Crippen molar-refractivity contribution in [2.45, 2.75) is 18.9 Å². The van der Waals surface area contributed by atoms with E-state index in [9.17, 15) is 14.4 Å². The number of carbonyl (C=O) groups is 3. The highest BCUT2D eigenvalue weighted by Crippen LogP contribution is 2.17. The molecule has 21 heavy (non-hydrogen) atoms. The zero-order valence-electron chi connectivity index (χ0n) is 11.2. The van der Waals surface area contributed by atoms with E-state index in [1.54, 1.807) is 12.1 Å². The number of likely N-dealkylation sites (tertiary alicyclic amines) is 1. The average molecular weight is 292 g/mol. The van der Waals surface area contributed by atoms with Crippen LogP contribution in [0.2, 0.25) is 0 Å². The van der Waals surface area contributed by atoms with Crippen molar-refractivity contribution in [3.8, 4) is 0 Å². The van der Waals surface area contributed by atoms with Crippen LogP contribution in [0.5, 0.6) is 0 Å². The summed E-state index contributed by atoms with van der Waals surface area (Å²) in [7, 11) is 0.